The van der Waals surface area contributed by atoms with Gasteiger partial charge in [0.15, 0.2) is 0 Å². The van der Waals surface area contributed by atoms with Crippen LogP contribution in [0.4, 0.5) is 17.2 Å². The Morgan fingerprint density at radius 3 is 2.77 bits per heavy atom. The summed E-state index contributed by atoms with van der Waals surface area (Å²) >= 11 is 6.47. The number of benzene rings is 2. The van der Waals surface area contributed by atoms with Crippen molar-refractivity contribution in [1.29, 1.82) is 0 Å². The minimum absolute atomic E-state index is 0.00350. The summed E-state index contributed by atoms with van der Waals surface area (Å²) < 4.78 is 5.81. The third-order valence-electron chi connectivity index (χ3n) is 6.02. The largest absolute Gasteiger partial charge is 0.486 e. The topological polar surface area (TPSA) is 92.3 Å². The lowest BCUT2D eigenvalue weighted by atomic mass is 10.1. The fraction of sp³-hybridized carbons (Fsp3) is 0.231. The van der Waals surface area contributed by atoms with Gasteiger partial charge in [-0.15, -0.1) is 0 Å². The van der Waals surface area contributed by atoms with Gasteiger partial charge < -0.3 is 15.4 Å². The zero-order valence-corrected chi connectivity index (χ0v) is 20.0. The number of ether oxygens (including phenoxy) is 1. The molecule has 2 N–H and O–H groups in total. The lowest BCUT2D eigenvalue weighted by Gasteiger charge is -2.19. The molecular weight excluding hydrogens is 464 g/mol. The van der Waals surface area contributed by atoms with Crippen molar-refractivity contribution in [3.8, 4) is 5.75 Å². The van der Waals surface area contributed by atoms with E-state index in [0.29, 0.717) is 28.9 Å². The van der Waals surface area contributed by atoms with E-state index in [-0.39, 0.29) is 11.9 Å². The van der Waals surface area contributed by atoms with Crippen molar-refractivity contribution < 1.29 is 9.53 Å². The number of likely N-dealkylation sites (tertiary alicyclic amines) is 1. The first kappa shape index (κ1) is 23.0. The van der Waals surface area contributed by atoms with E-state index in [9.17, 15) is 4.79 Å². The average Bonchev–Trinajstić information content (AvgIpc) is 3.30. The molecule has 5 rings (SSSR count). The Hall–Kier alpha value is -3.75. The van der Waals surface area contributed by atoms with Crippen molar-refractivity contribution in [2.75, 3.05) is 24.2 Å². The third kappa shape index (κ3) is 5.34. The first-order valence-corrected chi connectivity index (χ1v) is 11.8. The van der Waals surface area contributed by atoms with Crippen LogP contribution >= 0.6 is 11.6 Å². The summed E-state index contributed by atoms with van der Waals surface area (Å²) in [6.45, 7) is 1.27. The number of aromatic nitrogens is 3. The highest BCUT2D eigenvalue weighted by Crippen LogP contribution is 2.31. The molecule has 1 saturated heterocycles. The number of hydrogen-bond donors (Lipinski definition) is 2. The van der Waals surface area contributed by atoms with Gasteiger partial charge in [0.1, 0.15) is 24.5 Å². The third-order valence-corrected chi connectivity index (χ3v) is 6.32. The molecule has 1 fully saturated rings. The minimum atomic E-state index is -0.101. The summed E-state index contributed by atoms with van der Waals surface area (Å²) in [6, 6.07) is 16.6. The van der Waals surface area contributed by atoms with Gasteiger partial charge in [-0.3, -0.25) is 14.7 Å². The molecule has 1 aliphatic heterocycles. The van der Waals surface area contributed by atoms with Gasteiger partial charge in [0.05, 0.1) is 22.3 Å². The lowest BCUT2D eigenvalue weighted by Crippen LogP contribution is -2.37. The summed E-state index contributed by atoms with van der Waals surface area (Å²) in [5, 5.41) is 7.60. The smallest absolute Gasteiger partial charge is 0.241 e. The SMILES string of the molecule is CN1CCC[C@@H]1C(=O)Nc1ccc2ncnc(Nc3ccc(OCc4ccccn4)c(Cl)c3)c2c1. The number of rotatable bonds is 7. The molecule has 3 heterocycles. The second kappa shape index (κ2) is 10.2. The number of amides is 1. The predicted octanol–water partition coefficient (Wildman–Crippen LogP) is 5.03. The zero-order chi connectivity index (χ0) is 24.2. The number of carbonyl (C=O) groups is 1. The molecule has 9 heteroatoms. The molecule has 1 aliphatic rings. The summed E-state index contributed by atoms with van der Waals surface area (Å²) in [5.74, 6) is 1.18. The van der Waals surface area contributed by atoms with Crippen molar-refractivity contribution in [2.45, 2.75) is 25.5 Å². The van der Waals surface area contributed by atoms with Crippen LogP contribution in [0.15, 0.2) is 67.1 Å². The number of halogens is 1. The molecule has 8 nitrogen and oxygen atoms in total. The van der Waals surface area contributed by atoms with Gasteiger partial charge in [0, 0.05) is 23.0 Å². The molecule has 178 valence electrons. The van der Waals surface area contributed by atoms with E-state index in [1.54, 1.807) is 18.3 Å². The van der Waals surface area contributed by atoms with Gasteiger partial charge in [-0.05, 0) is 75.0 Å². The van der Waals surface area contributed by atoms with E-state index in [2.05, 4.69) is 30.5 Å². The number of nitrogens with zero attached hydrogens (tertiary/aromatic N) is 4. The number of nitrogens with one attached hydrogen (secondary N) is 2. The highest BCUT2D eigenvalue weighted by Gasteiger charge is 2.27. The van der Waals surface area contributed by atoms with Gasteiger partial charge in [-0.1, -0.05) is 17.7 Å². The molecule has 0 saturated carbocycles. The maximum atomic E-state index is 12.7. The van der Waals surface area contributed by atoms with E-state index < -0.39 is 0 Å². The minimum Gasteiger partial charge on any atom is -0.486 e. The van der Waals surface area contributed by atoms with E-state index >= 15 is 0 Å². The lowest BCUT2D eigenvalue weighted by molar-refractivity contribution is -0.119. The highest BCUT2D eigenvalue weighted by atomic mass is 35.5. The number of carbonyl (C=O) groups excluding carboxylic acids is 1. The fourth-order valence-corrected chi connectivity index (χ4v) is 4.40. The van der Waals surface area contributed by atoms with Crippen LogP contribution in [0.25, 0.3) is 10.9 Å². The second-order valence-corrected chi connectivity index (χ2v) is 8.87. The number of fused-ring (bicyclic) bond motifs is 1. The first-order valence-electron chi connectivity index (χ1n) is 11.4. The Balaban J connectivity index is 1.32. The van der Waals surface area contributed by atoms with Gasteiger partial charge in [-0.2, -0.15) is 0 Å². The summed E-state index contributed by atoms with van der Waals surface area (Å²) in [4.78, 5) is 27.8. The molecule has 1 atom stereocenters. The molecule has 2 aromatic heterocycles. The molecule has 4 aromatic rings. The Kier molecular flexibility index (Phi) is 6.74. The van der Waals surface area contributed by atoms with E-state index in [0.717, 1.165) is 41.7 Å². The van der Waals surface area contributed by atoms with Crippen molar-refractivity contribution in [1.82, 2.24) is 19.9 Å². The average molecular weight is 489 g/mol. The quantitative estimate of drug-likeness (QED) is 0.376. The van der Waals surface area contributed by atoms with Crippen LogP contribution in [0, 0.1) is 0 Å². The van der Waals surface area contributed by atoms with Crippen LogP contribution in [-0.4, -0.2) is 45.4 Å². The van der Waals surface area contributed by atoms with Crippen LogP contribution in [0.3, 0.4) is 0 Å². The van der Waals surface area contributed by atoms with Gasteiger partial charge in [-0.25, -0.2) is 9.97 Å². The van der Waals surface area contributed by atoms with Crippen LogP contribution in [0.1, 0.15) is 18.5 Å². The maximum absolute atomic E-state index is 12.7. The van der Waals surface area contributed by atoms with E-state index in [4.69, 9.17) is 16.3 Å². The number of likely N-dealkylation sites (N-methyl/N-ethyl adjacent to an activating group) is 1. The van der Waals surface area contributed by atoms with Gasteiger partial charge in [0.25, 0.3) is 0 Å². The Morgan fingerprint density at radius 1 is 1.11 bits per heavy atom. The van der Waals surface area contributed by atoms with E-state index in [1.165, 1.54) is 6.33 Å². The van der Waals surface area contributed by atoms with Crippen molar-refractivity contribution in [3.63, 3.8) is 0 Å². The summed E-state index contributed by atoms with van der Waals surface area (Å²) in [7, 11) is 1.98. The Labute approximate surface area is 208 Å². The Morgan fingerprint density at radius 2 is 2.00 bits per heavy atom. The highest BCUT2D eigenvalue weighted by molar-refractivity contribution is 6.32. The second-order valence-electron chi connectivity index (χ2n) is 8.46. The predicted molar refractivity (Wildman–Crippen MR) is 137 cm³/mol. The zero-order valence-electron chi connectivity index (χ0n) is 19.2. The van der Waals surface area contributed by atoms with Crippen LogP contribution in [-0.2, 0) is 11.4 Å². The number of hydrogen-bond acceptors (Lipinski definition) is 7. The van der Waals surface area contributed by atoms with Crippen LogP contribution in [0.5, 0.6) is 5.75 Å². The Bertz CT molecular complexity index is 1350. The van der Waals surface area contributed by atoms with Crippen LogP contribution < -0.4 is 15.4 Å². The number of anilines is 3. The molecular formula is C26H25ClN6O2. The molecule has 0 aliphatic carbocycles. The molecule has 1 amide bonds. The first-order chi connectivity index (χ1) is 17.1. The molecule has 0 spiro atoms. The normalized spacial score (nSPS) is 15.8. The molecule has 0 radical (unpaired) electrons. The van der Waals surface area contributed by atoms with Crippen LogP contribution in [0.2, 0.25) is 5.02 Å². The number of pyridine rings is 1. The van der Waals surface area contributed by atoms with Crippen molar-refractivity contribution in [3.05, 3.63) is 77.8 Å². The molecule has 35 heavy (non-hydrogen) atoms. The molecule has 2 aromatic carbocycles. The summed E-state index contributed by atoms with van der Waals surface area (Å²) in [5.41, 5.74) is 3.04. The van der Waals surface area contributed by atoms with E-state index in [1.807, 2.05) is 49.5 Å². The summed E-state index contributed by atoms with van der Waals surface area (Å²) in [6.07, 6.45) is 5.13. The van der Waals surface area contributed by atoms with Crippen molar-refractivity contribution >= 4 is 45.6 Å². The maximum Gasteiger partial charge on any atom is 0.241 e. The molecule has 0 unspecified atom stereocenters. The van der Waals surface area contributed by atoms with Gasteiger partial charge >= 0.3 is 0 Å². The fourth-order valence-electron chi connectivity index (χ4n) is 4.17. The molecule has 0 bridgehead atoms. The van der Waals surface area contributed by atoms with Crippen molar-refractivity contribution in [2.24, 2.45) is 0 Å². The standard InChI is InChI=1S/C26H25ClN6O2/c1-33-12-4-6-23(33)26(34)32-17-7-9-22-20(13-17)25(30-16-29-22)31-18-8-10-24(21(27)14-18)35-15-19-5-2-3-11-28-19/h2-3,5,7-11,13-14,16,23H,4,6,12,15H2,1H3,(H,32,34)(H,29,30,31)/t23-/m1/s1. The monoisotopic (exact) mass is 488 g/mol. The van der Waals surface area contributed by atoms with Gasteiger partial charge in [0.2, 0.25) is 5.91 Å².